The summed E-state index contributed by atoms with van der Waals surface area (Å²) < 4.78 is 0. The van der Waals surface area contributed by atoms with Crippen molar-refractivity contribution in [2.45, 2.75) is 6.42 Å². The maximum atomic E-state index is 5.79. The van der Waals surface area contributed by atoms with Gasteiger partial charge in [-0.25, -0.2) is 0 Å². The molecule has 1 aromatic carbocycles. The topological polar surface area (TPSA) is 25.8 Å². The van der Waals surface area contributed by atoms with Crippen molar-refractivity contribution in [1.29, 1.82) is 0 Å². The minimum Gasteiger partial charge on any atom is -0.149 e. The van der Waals surface area contributed by atoms with Crippen molar-refractivity contribution in [3.8, 4) is 11.3 Å². The summed E-state index contributed by atoms with van der Waals surface area (Å²) in [4.78, 5) is 0. The normalized spacial score (nSPS) is 12.4. The zero-order valence-electron chi connectivity index (χ0n) is 7.37. The first-order chi connectivity index (χ1) is 6.84. The predicted octanol–water partition coefficient (Wildman–Crippen LogP) is 2.70. The van der Waals surface area contributed by atoms with Gasteiger partial charge < -0.3 is 0 Å². The third-order valence-electron chi connectivity index (χ3n) is 2.50. The van der Waals surface area contributed by atoms with Crippen LogP contribution >= 0.6 is 11.6 Å². The van der Waals surface area contributed by atoms with Gasteiger partial charge in [-0.05, 0) is 17.2 Å². The molecule has 14 heavy (non-hydrogen) atoms. The molecule has 3 rings (SSSR count). The lowest BCUT2D eigenvalue weighted by atomic mass is 10.1. The number of aromatic nitrogens is 2. The third kappa shape index (κ3) is 1.04. The lowest BCUT2D eigenvalue weighted by molar-refractivity contribution is 1.03. The molecule has 1 aromatic heterocycles. The molecule has 0 radical (unpaired) electrons. The van der Waals surface area contributed by atoms with E-state index in [2.05, 4.69) is 22.3 Å². The fourth-order valence-electron chi connectivity index (χ4n) is 1.88. The van der Waals surface area contributed by atoms with E-state index < -0.39 is 0 Å². The van der Waals surface area contributed by atoms with Gasteiger partial charge in [0.2, 0.25) is 0 Å². The van der Waals surface area contributed by atoms with Gasteiger partial charge in [-0.3, -0.25) is 0 Å². The predicted molar refractivity (Wildman–Crippen MR) is 55.3 cm³/mol. The minimum atomic E-state index is 0.469. The van der Waals surface area contributed by atoms with Gasteiger partial charge in [0.05, 0.1) is 5.69 Å². The lowest BCUT2D eigenvalue weighted by Gasteiger charge is -1.97. The van der Waals surface area contributed by atoms with Gasteiger partial charge in [-0.2, -0.15) is 0 Å². The number of hydrogen-bond donors (Lipinski definition) is 0. The van der Waals surface area contributed by atoms with Crippen LogP contribution in [0.1, 0.15) is 11.1 Å². The van der Waals surface area contributed by atoms with Crippen LogP contribution in [-0.4, -0.2) is 10.2 Å². The van der Waals surface area contributed by atoms with Crippen LogP contribution in [0.3, 0.4) is 0 Å². The smallest absolute Gasteiger partial charge is 0.149 e. The van der Waals surface area contributed by atoms with E-state index in [1.165, 1.54) is 16.7 Å². The van der Waals surface area contributed by atoms with E-state index in [0.29, 0.717) is 5.15 Å². The molecule has 0 bridgehead atoms. The highest BCUT2D eigenvalue weighted by Crippen LogP contribution is 2.34. The summed E-state index contributed by atoms with van der Waals surface area (Å²) in [6, 6.07) is 10.1. The molecule has 68 valence electrons. The summed E-state index contributed by atoms with van der Waals surface area (Å²) in [7, 11) is 0. The van der Waals surface area contributed by atoms with Gasteiger partial charge in [-0.1, -0.05) is 35.9 Å². The Morgan fingerprint density at radius 3 is 2.86 bits per heavy atom. The Morgan fingerprint density at radius 1 is 1.07 bits per heavy atom. The van der Waals surface area contributed by atoms with Gasteiger partial charge in [0.1, 0.15) is 0 Å². The zero-order chi connectivity index (χ0) is 9.54. The SMILES string of the molecule is Clc1cc2c(nn1)-c1ccccc1C2. The van der Waals surface area contributed by atoms with E-state index in [0.717, 1.165) is 12.1 Å². The molecule has 2 aromatic rings. The summed E-state index contributed by atoms with van der Waals surface area (Å²) in [6.07, 6.45) is 0.917. The van der Waals surface area contributed by atoms with Gasteiger partial charge in [0.15, 0.2) is 5.15 Å². The molecule has 0 aliphatic heterocycles. The van der Waals surface area contributed by atoms with Crippen molar-refractivity contribution in [3.05, 3.63) is 46.6 Å². The molecule has 0 unspecified atom stereocenters. The van der Waals surface area contributed by atoms with Crippen LogP contribution in [-0.2, 0) is 6.42 Å². The molecule has 0 spiro atoms. The first-order valence-corrected chi connectivity index (χ1v) is 4.83. The second-order valence-corrected chi connectivity index (χ2v) is 3.76. The van der Waals surface area contributed by atoms with Crippen LogP contribution in [0.4, 0.5) is 0 Å². The van der Waals surface area contributed by atoms with Crippen LogP contribution in [0.15, 0.2) is 30.3 Å². The standard InChI is InChI=1S/C11H7ClN2/c12-10-6-8-5-7-3-1-2-4-9(7)11(8)14-13-10/h1-4,6H,5H2. The van der Waals surface area contributed by atoms with Gasteiger partial charge in [0, 0.05) is 12.0 Å². The van der Waals surface area contributed by atoms with Crippen LogP contribution < -0.4 is 0 Å². The van der Waals surface area contributed by atoms with E-state index in [-0.39, 0.29) is 0 Å². The number of rotatable bonds is 0. The summed E-state index contributed by atoms with van der Waals surface area (Å²) in [6.45, 7) is 0. The average molecular weight is 203 g/mol. The van der Waals surface area contributed by atoms with E-state index in [4.69, 9.17) is 11.6 Å². The first-order valence-electron chi connectivity index (χ1n) is 4.45. The van der Waals surface area contributed by atoms with Crippen LogP contribution in [0.2, 0.25) is 5.15 Å². The fourth-order valence-corrected chi connectivity index (χ4v) is 2.04. The van der Waals surface area contributed by atoms with Crippen molar-refractivity contribution < 1.29 is 0 Å². The summed E-state index contributed by atoms with van der Waals surface area (Å²) in [5.74, 6) is 0. The average Bonchev–Trinajstić information content (AvgIpc) is 2.54. The molecule has 3 heteroatoms. The molecule has 1 aliphatic carbocycles. The summed E-state index contributed by atoms with van der Waals surface area (Å²) in [5, 5.41) is 8.45. The zero-order valence-corrected chi connectivity index (χ0v) is 8.12. The van der Waals surface area contributed by atoms with Crippen LogP contribution in [0, 0.1) is 0 Å². The highest BCUT2D eigenvalue weighted by molar-refractivity contribution is 6.29. The second kappa shape index (κ2) is 2.79. The molecule has 1 aliphatic rings. The monoisotopic (exact) mass is 202 g/mol. The summed E-state index contributed by atoms with van der Waals surface area (Å²) >= 11 is 5.79. The lowest BCUT2D eigenvalue weighted by Crippen LogP contribution is -1.88. The summed E-state index contributed by atoms with van der Waals surface area (Å²) in [5.41, 5.74) is 4.64. The highest BCUT2D eigenvalue weighted by atomic mass is 35.5. The molecule has 0 fully saturated rings. The number of benzene rings is 1. The first kappa shape index (κ1) is 7.94. The molecular formula is C11H7ClN2. The minimum absolute atomic E-state index is 0.469. The number of hydrogen-bond acceptors (Lipinski definition) is 2. The maximum absolute atomic E-state index is 5.79. The van der Waals surface area contributed by atoms with Crippen molar-refractivity contribution in [2.75, 3.05) is 0 Å². The quantitative estimate of drug-likeness (QED) is 0.560. The van der Waals surface area contributed by atoms with E-state index in [1.54, 1.807) is 0 Å². The van der Waals surface area contributed by atoms with E-state index >= 15 is 0 Å². The number of halogens is 1. The number of nitrogens with zero attached hydrogens (tertiary/aromatic N) is 2. The Hall–Kier alpha value is -1.41. The van der Waals surface area contributed by atoms with Gasteiger partial charge in [-0.15, -0.1) is 10.2 Å². The molecule has 0 atom stereocenters. The van der Waals surface area contributed by atoms with Gasteiger partial charge in [0.25, 0.3) is 0 Å². The molecular weight excluding hydrogens is 196 g/mol. The molecule has 1 heterocycles. The Morgan fingerprint density at radius 2 is 1.93 bits per heavy atom. The van der Waals surface area contributed by atoms with Gasteiger partial charge >= 0.3 is 0 Å². The Labute approximate surface area is 86.6 Å². The number of fused-ring (bicyclic) bond motifs is 3. The molecule has 2 nitrogen and oxygen atoms in total. The molecule has 0 saturated carbocycles. The molecule has 0 saturated heterocycles. The van der Waals surface area contributed by atoms with E-state index in [1.807, 2.05) is 18.2 Å². The van der Waals surface area contributed by atoms with Crippen molar-refractivity contribution in [1.82, 2.24) is 10.2 Å². The molecule has 0 amide bonds. The Balaban J connectivity index is 2.27. The van der Waals surface area contributed by atoms with Crippen molar-refractivity contribution >= 4 is 11.6 Å². The fraction of sp³-hybridized carbons (Fsp3) is 0.0909. The van der Waals surface area contributed by atoms with Crippen LogP contribution in [0.25, 0.3) is 11.3 Å². The third-order valence-corrected chi connectivity index (χ3v) is 2.68. The molecule has 0 N–H and O–H groups in total. The van der Waals surface area contributed by atoms with Crippen LogP contribution in [0.5, 0.6) is 0 Å². The van der Waals surface area contributed by atoms with Crippen molar-refractivity contribution in [2.24, 2.45) is 0 Å². The second-order valence-electron chi connectivity index (χ2n) is 3.37. The maximum Gasteiger partial charge on any atom is 0.152 e. The van der Waals surface area contributed by atoms with E-state index in [9.17, 15) is 0 Å². The largest absolute Gasteiger partial charge is 0.152 e. The Bertz CT molecular complexity index is 508. The highest BCUT2D eigenvalue weighted by Gasteiger charge is 2.19. The Kier molecular flexibility index (Phi) is 1.58. The van der Waals surface area contributed by atoms with Crippen molar-refractivity contribution in [3.63, 3.8) is 0 Å².